The average molecular weight is 1020 g/mol. The van der Waals surface area contributed by atoms with E-state index in [4.69, 9.17) is 10.8 Å². The van der Waals surface area contributed by atoms with Gasteiger partial charge in [-0.15, -0.1) is 0 Å². The molecule has 1 rings (SSSR count). The number of amides is 2. The molecule has 0 saturated heterocycles. The monoisotopic (exact) mass is 1020 g/mol. The van der Waals surface area contributed by atoms with Gasteiger partial charge in [-0.3, -0.25) is 19.2 Å². The number of hydrogen-bond donors (Lipinski definition) is 4. The second-order valence-corrected chi connectivity index (χ2v) is 21.3. The van der Waals surface area contributed by atoms with Crippen LogP contribution in [0.25, 0.3) is 0 Å². The Bertz CT molecular complexity index is 1440. The first kappa shape index (κ1) is 68.7. The lowest BCUT2D eigenvalue weighted by atomic mass is 9.98. The summed E-state index contributed by atoms with van der Waals surface area (Å²) in [7, 11) is 0. The molecule has 0 heterocycles. The van der Waals surface area contributed by atoms with E-state index in [0.717, 1.165) is 73.7 Å². The zero-order valence-corrected chi connectivity index (χ0v) is 45.3. The van der Waals surface area contributed by atoms with Gasteiger partial charge in [-0.2, -0.15) is 44.1 Å². The Morgan fingerprint density at radius 2 is 0.866 bits per heavy atom. The van der Waals surface area contributed by atoms with Crippen molar-refractivity contribution in [1.29, 1.82) is 0 Å². The number of aliphatic carboxylic acids is 1. The molecule has 0 radical (unpaired) electrons. The van der Waals surface area contributed by atoms with Crippen LogP contribution < -0.4 is 21.1 Å². The van der Waals surface area contributed by atoms with Crippen molar-refractivity contribution in [2.24, 2.45) is 41.2 Å². The van der Waals surface area contributed by atoms with Gasteiger partial charge >= 0.3 is 11.9 Å². The molecule has 5 N–H and O–H groups in total. The van der Waals surface area contributed by atoms with Crippen LogP contribution in [0.5, 0.6) is 5.75 Å². The molecule has 0 aliphatic heterocycles. The summed E-state index contributed by atoms with van der Waals surface area (Å²) in [6, 6.07) is -0.781. The van der Waals surface area contributed by atoms with Gasteiger partial charge in [0.25, 0.3) is 0 Å². The maximum atomic E-state index is 13.5. The van der Waals surface area contributed by atoms with Gasteiger partial charge < -0.3 is 26.2 Å². The van der Waals surface area contributed by atoms with Gasteiger partial charge in [0.2, 0.25) is 46.6 Å². The molecule has 0 fully saturated rings. The van der Waals surface area contributed by atoms with Crippen LogP contribution in [-0.4, -0.2) is 87.3 Å². The van der Waals surface area contributed by atoms with Crippen LogP contribution in [0.3, 0.4) is 0 Å². The number of benzene rings is 1. The van der Waals surface area contributed by atoms with Crippen molar-refractivity contribution >= 4 is 64.8 Å². The average Bonchev–Trinajstić information content (AvgIpc) is 3.27. The van der Waals surface area contributed by atoms with Crippen molar-refractivity contribution in [1.82, 2.24) is 10.6 Å². The second kappa shape index (κ2) is 40.2. The lowest BCUT2D eigenvalue weighted by molar-refractivity contribution is -0.143. The van der Waals surface area contributed by atoms with Gasteiger partial charge in [-0.25, -0.2) is 18.0 Å². The minimum absolute atomic E-state index is 0.0329. The SMILES string of the molecule is CC(C)[C@@H](C)N.CCCCC(CSCC)C(=O)N[C@H](C(=O)O)C(C)C.CCCCC(CSCC)C(=O)N[C@H](C(C)=O)C(C)C.CCCCC(CSCC)C(=O)Oc1c(F)c(F)c(F)c(F)c1F. The van der Waals surface area contributed by atoms with Gasteiger partial charge in [0.15, 0.2) is 5.78 Å². The second-order valence-electron chi connectivity index (χ2n) is 17.3. The number of ether oxygens (including phenoxy) is 1. The maximum absolute atomic E-state index is 13.5. The van der Waals surface area contributed by atoms with Crippen LogP contribution in [0.1, 0.15) is 155 Å². The number of nitrogens with two attached hydrogens (primary N) is 1. The third-order valence-electron chi connectivity index (χ3n) is 10.4. The molecule has 18 heteroatoms. The number of esters is 1. The van der Waals surface area contributed by atoms with Crippen LogP contribution in [0.2, 0.25) is 0 Å². The Labute approximate surface area is 412 Å². The van der Waals surface area contributed by atoms with E-state index in [9.17, 15) is 45.9 Å². The molecule has 67 heavy (non-hydrogen) atoms. The van der Waals surface area contributed by atoms with Gasteiger partial charge in [0.1, 0.15) is 6.04 Å². The summed E-state index contributed by atoms with van der Waals surface area (Å²) in [5.41, 5.74) is 5.44. The topological polar surface area (TPSA) is 165 Å². The number of Topliss-reactive ketones (excluding diaryl/α,β-unsaturated/α-hetero) is 1. The molecule has 2 amide bonds. The van der Waals surface area contributed by atoms with E-state index in [0.29, 0.717) is 30.6 Å². The number of thioether (sulfide) groups is 3. The predicted octanol–water partition coefficient (Wildman–Crippen LogP) is 11.9. The summed E-state index contributed by atoms with van der Waals surface area (Å²) in [5.74, 6) is -9.74. The molecule has 0 bridgehead atoms. The summed E-state index contributed by atoms with van der Waals surface area (Å²) < 4.78 is 70.7. The largest absolute Gasteiger partial charge is 0.480 e. The number of nitrogens with one attached hydrogen (secondary N) is 2. The fourth-order valence-corrected chi connectivity index (χ4v) is 8.13. The Hall–Kier alpha value is -2.57. The number of carboxylic acid groups (broad SMARTS) is 1. The van der Waals surface area contributed by atoms with Crippen molar-refractivity contribution in [2.75, 3.05) is 34.5 Å². The highest BCUT2D eigenvalue weighted by molar-refractivity contribution is 7.99. The first-order valence-electron chi connectivity index (χ1n) is 23.9. The van der Waals surface area contributed by atoms with Crippen molar-refractivity contribution in [2.45, 2.75) is 173 Å². The minimum atomic E-state index is -2.29. The van der Waals surface area contributed by atoms with Crippen LogP contribution >= 0.6 is 35.3 Å². The third kappa shape index (κ3) is 29.9. The Morgan fingerprint density at radius 1 is 0.552 bits per heavy atom. The van der Waals surface area contributed by atoms with E-state index in [1.165, 1.54) is 11.8 Å². The highest BCUT2D eigenvalue weighted by Gasteiger charge is 2.31. The van der Waals surface area contributed by atoms with Crippen molar-refractivity contribution in [3.8, 4) is 5.75 Å². The molecular weight excluding hydrogens is 934 g/mol. The van der Waals surface area contributed by atoms with E-state index in [1.54, 1.807) is 44.3 Å². The molecule has 6 atom stereocenters. The number of ketones is 1. The highest BCUT2D eigenvalue weighted by atomic mass is 32.2. The first-order valence-corrected chi connectivity index (χ1v) is 27.4. The fraction of sp³-hybridized carbons (Fsp3) is 0.776. The smallest absolute Gasteiger partial charge is 0.326 e. The van der Waals surface area contributed by atoms with Crippen molar-refractivity contribution in [3.63, 3.8) is 0 Å². The van der Waals surface area contributed by atoms with Gasteiger partial charge in [0, 0.05) is 35.1 Å². The van der Waals surface area contributed by atoms with E-state index in [2.05, 4.69) is 56.9 Å². The van der Waals surface area contributed by atoms with Gasteiger partial charge in [0.05, 0.1) is 12.0 Å². The van der Waals surface area contributed by atoms with Gasteiger partial charge in [-0.05, 0) is 68.1 Å². The Morgan fingerprint density at radius 3 is 1.15 bits per heavy atom. The van der Waals surface area contributed by atoms with E-state index in [1.807, 2.05) is 34.6 Å². The molecule has 0 saturated carbocycles. The minimum Gasteiger partial charge on any atom is -0.480 e. The predicted molar refractivity (Wildman–Crippen MR) is 270 cm³/mol. The molecule has 10 nitrogen and oxygen atoms in total. The molecule has 1 aromatic rings. The number of rotatable bonds is 29. The van der Waals surface area contributed by atoms with E-state index in [-0.39, 0.29) is 47.3 Å². The fourth-order valence-electron chi connectivity index (χ4n) is 5.63. The van der Waals surface area contributed by atoms with Crippen LogP contribution in [0.4, 0.5) is 22.0 Å². The van der Waals surface area contributed by atoms with E-state index >= 15 is 0 Å². The normalized spacial score (nSPS) is 13.7. The lowest BCUT2D eigenvalue weighted by Gasteiger charge is -2.23. The number of unbranched alkanes of at least 4 members (excludes halogenated alkanes) is 3. The summed E-state index contributed by atoms with van der Waals surface area (Å²) >= 11 is 4.95. The third-order valence-corrected chi connectivity index (χ3v) is 13.6. The summed E-state index contributed by atoms with van der Waals surface area (Å²) in [4.78, 5) is 59.2. The molecule has 0 aliphatic rings. The standard InChI is InChI=1S/C15H17F5O2S.C15H29NO2S.C14H27NO3S.C5H13N/c1-3-5-6-8(7-23-4-2)15(21)22-14-12(19)10(17)9(16)11(18)13(14)20;1-6-8-9-13(10-19-7-2)15(18)16-14(11(3)4)12(5)17;1-5-7-8-11(9-19-6-2)13(16)15-12(10(3)4)14(17)18;1-4(2)5(3)6/h8H,3-7H2,1-2H3;11,13-14H,6-10H2,1-5H3,(H,16,18);10-12H,5-9H2,1-4H3,(H,15,16)(H,17,18);4-5H,6H2,1-3H3/t;13?,14-;11?,12-;5-/m.001/s1. The summed E-state index contributed by atoms with van der Waals surface area (Å²) in [6.45, 7) is 27.5. The number of carbonyl (C=O) groups excluding carboxylic acids is 4. The first-order chi connectivity index (χ1) is 31.4. The molecular formula is C49H86F5N3O7S3. The Kier molecular flexibility index (Phi) is 41.2. The molecule has 1 aromatic carbocycles. The molecule has 3 unspecified atom stereocenters. The number of hydrogen-bond acceptors (Lipinski definition) is 10. The lowest BCUT2D eigenvalue weighted by Crippen LogP contribution is -2.47. The number of carbonyl (C=O) groups is 5. The summed E-state index contributed by atoms with van der Waals surface area (Å²) in [6.07, 6.45) is 7.85. The zero-order valence-electron chi connectivity index (χ0n) is 42.9. The quantitative estimate of drug-likeness (QED) is 0.0198. The summed E-state index contributed by atoms with van der Waals surface area (Å²) in [5, 5.41) is 14.7. The van der Waals surface area contributed by atoms with Crippen LogP contribution in [0, 0.1) is 64.6 Å². The van der Waals surface area contributed by atoms with Crippen molar-refractivity contribution < 1.29 is 55.8 Å². The zero-order chi connectivity index (χ0) is 52.4. The number of carboxylic acids is 1. The number of halogens is 5. The molecule has 0 spiro atoms. The highest BCUT2D eigenvalue weighted by Crippen LogP contribution is 2.30. The maximum Gasteiger partial charge on any atom is 0.326 e. The van der Waals surface area contributed by atoms with Crippen LogP contribution in [-0.2, 0) is 24.0 Å². The van der Waals surface area contributed by atoms with Crippen molar-refractivity contribution in [3.05, 3.63) is 29.1 Å². The molecule has 392 valence electrons. The van der Waals surface area contributed by atoms with Crippen LogP contribution in [0.15, 0.2) is 0 Å². The molecule has 0 aliphatic carbocycles. The van der Waals surface area contributed by atoms with Gasteiger partial charge in [-0.1, -0.05) is 122 Å². The Balaban J connectivity index is -0.000000867. The van der Waals surface area contributed by atoms with E-state index < -0.39 is 58.7 Å². The molecule has 0 aromatic heterocycles.